The summed E-state index contributed by atoms with van der Waals surface area (Å²) >= 11 is 0. The molecule has 3 N–H and O–H groups in total. The summed E-state index contributed by atoms with van der Waals surface area (Å²) in [4.78, 5) is 18.4. The van der Waals surface area contributed by atoms with Crippen molar-refractivity contribution in [3.05, 3.63) is 57.7 Å². The second kappa shape index (κ2) is 7.46. The van der Waals surface area contributed by atoms with E-state index in [-0.39, 0.29) is 17.5 Å². The summed E-state index contributed by atoms with van der Waals surface area (Å²) in [5, 5.41) is 13.7. The molecule has 0 radical (unpaired) electrons. The van der Waals surface area contributed by atoms with Gasteiger partial charge in [0.05, 0.1) is 11.1 Å². The molecule has 1 aliphatic heterocycles. The van der Waals surface area contributed by atoms with Crippen LogP contribution in [0.15, 0.2) is 39.5 Å². The summed E-state index contributed by atoms with van der Waals surface area (Å²) in [7, 11) is 0. The number of hydrogen-bond acceptors (Lipinski definition) is 6. The predicted octanol–water partition coefficient (Wildman–Crippen LogP) is 4.37. The van der Waals surface area contributed by atoms with Gasteiger partial charge in [-0.2, -0.15) is 5.26 Å². The molecule has 1 saturated carbocycles. The number of piperidine rings is 1. The SMILES string of the molecule is Cc1c(-c2ccc(N)c(C#N)c2)ccc2c3oc(C4CCNCC4)nc3c(=O)n(C3CC3)c12. The highest BCUT2D eigenvalue weighted by molar-refractivity contribution is 6.04. The normalized spacial score (nSPS) is 17.0. The van der Waals surface area contributed by atoms with Crippen molar-refractivity contribution >= 4 is 27.7 Å². The van der Waals surface area contributed by atoms with Crippen molar-refractivity contribution in [3.63, 3.8) is 0 Å². The first-order chi connectivity index (χ1) is 16.1. The van der Waals surface area contributed by atoms with Gasteiger partial charge in [-0.1, -0.05) is 12.1 Å². The number of fused-ring (bicyclic) bond motifs is 3. The zero-order chi connectivity index (χ0) is 22.7. The lowest BCUT2D eigenvalue weighted by atomic mass is 9.95. The molecule has 7 nitrogen and oxygen atoms in total. The van der Waals surface area contributed by atoms with E-state index in [9.17, 15) is 10.1 Å². The molecule has 0 unspecified atom stereocenters. The van der Waals surface area contributed by atoms with E-state index in [1.807, 2.05) is 35.8 Å². The number of aryl methyl sites for hydroxylation is 1. The van der Waals surface area contributed by atoms with Gasteiger partial charge in [-0.05, 0) is 80.6 Å². The van der Waals surface area contributed by atoms with E-state index in [0.29, 0.717) is 28.2 Å². The van der Waals surface area contributed by atoms with Gasteiger partial charge in [-0.3, -0.25) is 4.79 Å². The molecule has 3 heterocycles. The summed E-state index contributed by atoms with van der Waals surface area (Å²) in [6.45, 7) is 3.91. The van der Waals surface area contributed by atoms with Gasteiger partial charge in [0, 0.05) is 23.0 Å². The smallest absolute Gasteiger partial charge is 0.281 e. The lowest BCUT2D eigenvalue weighted by molar-refractivity contribution is 0.386. The van der Waals surface area contributed by atoms with E-state index in [4.69, 9.17) is 15.1 Å². The molecular weight excluding hydrogens is 414 g/mol. The summed E-state index contributed by atoms with van der Waals surface area (Å²) < 4.78 is 8.22. The Balaban J connectivity index is 1.62. The summed E-state index contributed by atoms with van der Waals surface area (Å²) in [5.41, 5.74) is 11.6. The first-order valence-electron chi connectivity index (χ1n) is 11.6. The largest absolute Gasteiger partial charge is 0.439 e. The van der Waals surface area contributed by atoms with Crippen LogP contribution in [-0.4, -0.2) is 22.6 Å². The Bertz CT molecular complexity index is 1510. The van der Waals surface area contributed by atoms with Crippen molar-refractivity contribution in [2.45, 2.75) is 44.6 Å². The molecule has 1 saturated heterocycles. The molecule has 4 aromatic rings. The highest BCUT2D eigenvalue weighted by Gasteiger charge is 2.31. The Morgan fingerprint density at radius 3 is 2.70 bits per heavy atom. The zero-order valence-corrected chi connectivity index (χ0v) is 18.5. The van der Waals surface area contributed by atoms with Gasteiger partial charge < -0.3 is 20.0 Å². The predicted molar refractivity (Wildman–Crippen MR) is 128 cm³/mol. The number of nitriles is 1. The van der Waals surface area contributed by atoms with E-state index in [0.717, 1.165) is 66.4 Å². The summed E-state index contributed by atoms with van der Waals surface area (Å²) in [6, 6.07) is 11.9. The molecule has 7 heteroatoms. The molecule has 166 valence electrons. The number of hydrogen-bond donors (Lipinski definition) is 2. The van der Waals surface area contributed by atoms with Crippen LogP contribution >= 0.6 is 0 Å². The number of aromatic nitrogens is 2. The average Bonchev–Trinajstić information content (AvgIpc) is 3.57. The molecule has 0 spiro atoms. The van der Waals surface area contributed by atoms with E-state index < -0.39 is 0 Å². The fraction of sp³-hybridized carbons (Fsp3) is 0.346. The molecule has 6 rings (SSSR count). The van der Waals surface area contributed by atoms with Crippen LogP contribution in [0.2, 0.25) is 0 Å². The van der Waals surface area contributed by atoms with Crippen LogP contribution in [-0.2, 0) is 0 Å². The van der Waals surface area contributed by atoms with E-state index >= 15 is 0 Å². The molecule has 2 aromatic heterocycles. The molecule has 33 heavy (non-hydrogen) atoms. The number of nitrogens with zero attached hydrogens (tertiary/aromatic N) is 3. The molecule has 2 fully saturated rings. The van der Waals surface area contributed by atoms with Crippen molar-refractivity contribution in [1.82, 2.24) is 14.9 Å². The highest BCUT2D eigenvalue weighted by Crippen LogP contribution is 2.41. The lowest BCUT2D eigenvalue weighted by Gasteiger charge is -2.19. The first kappa shape index (κ1) is 20.0. The third kappa shape index (κ3) is 3.13. The maximum absolute atomic E-state index is 13.6. The van der Waals surface area contributed by atoms with E-state index in [2.05, 4.69) is 11.4 Å². The molecule has 2 aliphatic rings. The van der Waals surface area contributed by atoms with Crippen LogP contribution in [0.3, 0.4) is 0 Å². The van der Waals surface area contributed by atoms with Gasteiger partial charge in [0.25, 0.3) is 5.56 Å². The Labute approximate surface area is 190 Å². The Morgan fingerprint density at radius 2 is 1.97 bits per heavy atom. The Hall–Kier alpha value is -3.63. The number of oxazole rings is 1. The molecule has 0 bridgehead atoms. The maximum atomic E-state index is 13.6. The lowest BCUT2D eigenvalue weighted by Crippen LogP contribution is -2.26. The van der Waals surface area contributed by atoms with Gasteiger partial charge in [-0.25, -0.2) is 4.98 Å². The van der Waals surface area contributed by atoms with Gasteiger partial charge in [-0.15, -0.1) is 0 Å². The Kier molecular flexibility index (Phi) is 4.52. The molecule has 2 aromatic carbocycles. The fourth-order valence-corrected chi connectivity index (χ4v) is 5.13. The summed E-state index contributed by atoms with van der Waals surface area (Å²) in [5.74, 6) is 0.916. The van der Waals surface area contributed by atoms with Gasteiger partial charge in [0.2, 0.25) is 0 Å². The quantitative estimate of drug-likeness (QED) is 0.459. The minimum Gasteiger partial charge on any atom is -0.439 e. The van der Waals surface area contributed by atoms with Crippen molar-refractivity contribution in [2.24, 2.45) is 0 Å². The maximum Gasteiger partial charge on any atom is 0.281 e. The zero-order valence-electron chi connectivity index (χ0n) is 18.5. The Morgan fingerprint density at radius 1 is 1.18 bits per heavy atom. The van der Waals surface area contributed by atoms with Crippen LogP contribution in [0, 0.1) is 18.3 Å². The van der Waals surface area contributed by atoms with Crippen LogP contribution in [0.5, 0.6) is 0 Å². The van der Waals surface area contributed by atoms with E-state index in [1.54, 1.807) is 6.07 Å². The minimum absolute atomic E-state index is 0.0702. The number of nitrogens with two attached hydrogens (primary N) is 1. The number of nitrogens with one attached hydrogen (secondary N) is 1. The second-order valence-electron chi connectivity index (χ2n) is 9.21. The van der Waals surface area contributed by atoms with Gasteiger partial charge in [0.15, 0.2) is 17.0 Å². The highest BCUT2D eigenvalue weighted by atomic mass is 16.3. The van der Waals surface area contributed by atoms with Crippen molar-refractivity contribution in [2.75, 3.05) is 18.8 Å². The molecular formula is C26H25N5O2. The standard InChI is InChI=1S/C26H25N5O2/c1-14-19(16-2-7-21(28)17(12-16)13-27)5-6-20-23(14)31(18-3-4-18)26(32)22-24(20)33-25(30-22)15-8-10-29-11-9-15/h2,5-7,12,15,18,29H,3-4,8-11,28H2,1H3. The minimum atomic E-state index is -0.0702. The summed E-state index contributed by atoms with van der Waals surface area (Å²) in [6.07, 6.45) is 3.90. The molecule has 0 amide bonds. The molecule has 1 aliphatic carbocycles. The second-order valence-corrected chi connectivity index (χ2v) is 9.21. The average molecular weight is 440 g/mol. The number of benzene rings is 2. The molecule has 0 atom stereocenters. The monoisotopic (exact) mass is 439 g/mol. The van der Waals surface area contributed by atoms with Crippen LogP contribution in [0.25, 0.3) is 33.1 Å². The van der Waals surface area contributed by atoms with Crippen LogP contribution < -0.4 is 16.6 Å². The van der Waals surface area contributed by atoms with E-state index in [1.165, 1.54) is 0 Å². The first-order valence-corrected chi connectivity index (χ1v) is 11.6. The third-order valence-electron chi connectivity index (χ3n) is 7.07. The third-order valence-corrected chi connectivity index (χ3v) is 7.07. The number of anilines is 1. The van der Waals surface area contributed by atoms with Crippen molar-refractivity contribution in [1.29, 1.82) is 5.26 Å². The number of rotatable bonds is 3. The number of nitrogen functional groups attached to an aromatic ring is 1. The van der Waals surface area contributed by atoms with Crippen molar-refractivity contribution < 1.29 is 4.42 Å². The van der Waals surface area contributed by atoms with Crippen LogP contribution in [0.4, 0.5) is 5.69 Å². The van der Waals surface area contributed by atoms with Gasteiger partial charge >= 0.3 is 0 Å². The number of pyridine rings is 1. The topological polar surface area (TPSA) is 110 Å². The van der Waals surface area contributed by atoms with Gasteiger partial charge in [0.1, 0.15) is 6.07 Å². The van der Waals surface area contributed by atoms with Crippen LogP contribution in [0.1, 0.15) is 54.7 Å². The van der Waals surface area contributed by atoms with Crippen molar-refractivity contribution in [3.8, 4) is 17.2 Å². The fourth-order valence-electron chi connectivity index (χ4n) is 5.13.